The van der Waals surface area contributed by atoms with Crippen molar-refractivity contribution in [1.29, 1.82) is 5.26 Å². The van der Waals surface area contributed by atoms with Gasteiger partial charge >= 0.3 is 0 Å². The topological polar surface area (TPSA) is 73.1 Å². The summed E-state index contributed by atoms with van der Waals surface area (Å²) in [5, 5.41) is 20.5. The molecular formula is C12H12N2O2S. The predicted molar refractivity (Wildman–Crippen MR) is 67.8 cm³/mol. The van der Waals surface area contributed by atoms with Crippen LogP contribution in [0.4, 0.5) is 5.69 Å². The van der Waals surface area contributed by atoms with Crippen molar-refractivity contribution in [2.75, 3.05) is 11.6 Å². The lowest BCUT2D eigenvalue weighted by molar-refractivity contribution is -0.112. The van der Waals surface area contributed by atoms with Crippen LogP contribution < -0.4 is 5.32 Å². The minimum Gasteiger partial charge on any atom is -0.511 e. The van der Waals surface area contributed by atoms with Crippen molar-refractivity contribution in [1.82, 2.24) is 0 Å². The standard InChI is InChI=1S/C12H12N2O2S/c1-8(15)9(7-13)12(16)14-10-5-3-4-6-11(10)17-2/h3-6,15H,1-2H3,(H,14,16). The van der Waals surface area contributed by atoms with E-state index in [9.17, 15) is 9.90 Å². The van der Waals surface area contributed by atoms with Crippen LogP contribution in [0.2, 0.25) is 0 Å². The molecule has 0 aromatic heterocycles. The van der Waals surface area contributed by atoms with E-state index in [1.165, 1.54) is 18.7 Å². The molecule has 0 bridgehead atoms. The summed E-state index contributed by atoms with van der Waals surface area (Å²) in [6.07, 6.45) is 1.89. The first-order valence-electron chi connectivity index (χ1n) is 4.84. The van der Waals surface area contributed by atoms with Crippen LogP contribution in [0.3, 0.4) is 0 Å². The lowest BCUT2D eigenvalue weighted by Crippen LogP contribution is -2.15. The normalized spacial score (nSPS) is 11.4. The Morgan fingerprint density at radius 3 is 2.65 bits per heavy atom. The van der Waals surface area contributed by atoms with E-state index in [4.69, 9.17) is 5.26 Å². The number of aliphatic hydroxyl groups excluding tert-OH is 1. The molecule has 1 rings (SSSR count). The van der Waals surface area contributed by atoms with Crippen LogP contribution in [0.1, 0.15) is 6.92 Å². The Kier molecular flexibility index (Phi) is 4.61. The number of carbonyl (C=O) groups excluding carboxylic acids is 1. The molecule has 1 aromatic carbocycles. The molecule has 0 unspecified atom stereocenters. The maximum atomic E-state index is 11.7. The number of nitrogens with zero attached hydrogens (tertiary/aromatic N) is 1. The Labute approximate surface area is 104 Å². The smallest absolute Gasteiger partial charge is 0.269 e. The monoisotopic (exact) mass is 248 g/mol. The fourth-order valence-electron chi connectivity index (χ4n) is 1.23. The van der Waals surface area contributed by atoms with Gasteiger partial charge in [-0.25, -0.2) is 0 Å². The number of anilines is 1. The first kappa shape index (κ1) is 13.1. The van der Waals surface area contributed by atoms with Crippen LogP contribution in [0.5, 0.6) is 0 Å². The number of hydrogen-bond donors (Lipinski definition) is 2. The molecule has 0 saturated carbocycles. The minimum atomic E-state index is -0.603. The molecule has 1 amide bonds. The summed E-state index contributed by atoms with van der Waals surface area (Å²) in [5.74, 6) is -0.888. The van der Waals surface area contributed by atoms with Gasteiger partial charge in [0, 0.05) is 4.90 Å². The van der Waals surface area contributed by atoms with E-state index in [1.54, 1.807) is 18.2 Å². The third kappa shape index (κ3) is 3.26. The average Bonchev–Trinajstić information content (AvgIpc) is 2.30. The third-order valence-corrected chi connectivity index (χ3v) is 2.85. The molecule has 88 valence electrons. The van der Waals surface area contributed by atoms with Crippen molar-refractivity contribution in [2.45, 2.75) is 11.8 Å². The van der Waals surface area contributed by atoms with Gasteiger partial charge in [-0.05, 0) is 25.3 Å². The van der Waals surface area contributed by atoms with Gasteiger partial charge < -0.3 is 10.4 Å². The van der Waals surface area contributed by atoms with E-state index >= 15 is 0 Å². The summed E-state index contributed by atoms with van der Waals surface area (Å²) in [6.45, 7) is 1.30. The second kappa shape index (κ2) is 5.97. The predicted octanol–water partition coefficient (Wildman–Crippen LogP) is 2.70. The molecule has 4 nitrogen and oxygen atoms in total. The van der Waals surface area contributed by atoms with Crippen LogP contribution in [-0.2, 0) is 4.79 Å². The van der Waals surface area contributed by atoms with E-state index in [2.05, 4.69) is 5.32 Å². The third-order valence-electron chi connectivity index (χ3n) is 2.06. The zero-order valence-electron chi connectivity index (χ0n) is 9.52. The number of rotatable bonds is 3. The van der Waals surface area contributed by atoms with Gasteiger partial charge in [0.25, 0.3) is 5.91 Å². The van der Waals surface area contributed by atoms with Gasteiger partial charge in [0.05, 0.1) is 5.69 Å². The number of allylic oxidation sites excluding steroid dienone is 1. The highest BCUT2D eigenvalue weighted by Gasteiger charge is 2.13. The maximum absolute atomic E-state index is 11.7. The number of benzene rings is 1. The highest BCUT2D eigenvalue weighted by Crippen LogP contribution is 2.25. The Bertz CT molecular complexity index is 499. The molecule has 0 atom stereocenters. The van der Waals surface area contributed by atoms with Gasteiger partial charge in [-0.15, -0.1) is 11.8 Å². The lowest BCUT2D eigenvalue weighted by atomic mass is 10.2. The number of thioether (sulfide) groups is 1. The van der Waals surface area contributed by atoms with Crippen molar-refractivity contribution < 1.29 is 9.90 Å². The Balaban J connectivity index is 2.97. The number of nitrogens with one attached hydrogen (secondary N) is 1. The molecule has 0 saturated heterocycles. The summed E-state index contributed by atoms with van der Waals surface area (Å²) in [7, 11) is 0. The molecule has 0 aliphatic carbocycles. The van der Waals surface area contributed by atoms with E-state index in [0.717, 1.165) is 4.90 Å². The van der Waals surface area contributed by atoms with Crippen molar-refractivity contribution in [3.63, 3.8) is 0 Å². The first-order valence-corrected chi connectivity index (χ1v) is 6.07. The van der Waals surface area contributed by atoms with Gasteiger partial charge in [-0.2, -0.15) is 5.26 Å². The second-order valence-electron chi connectivity index (χ2n) is 3.23. The van der Waals surface area contributed by atoms with Crippen molar-refractivity contribution in [2.24, 2.45) is 0 Å². The fraction of sp³-hybridized carbons (Fsp3) is 0.167. The molecule has 0 aliphatic heterocycles. The molecule has 1 aromatic rings. The zero-order chi connectivity index (χ0) is 12.8. The van der Waals surface area contributed by atoms with Crippen LogP contribution in [0.25, 0.3) is 0 Å². The average molecular weight is 248 g/mol. The summed E-state index contributed by atoms with van der Waals surface area (Å²) in [5.41, 5.74) is 0.347. The number of para-hydroxylation sites is 1. The summed E-state index contributed by atoms with van der Waals surface area (Å²) < 4.78 is 0. The maximum Gasteiger partial charge on any atom is 0.269 e. The number of aliphatic hydroxyl groups is 1. The molecule has 5 heteroatoms. The Hall–Kier alpha value is -1.93. The molecule has 2 N–H and O–H groups in total. The minimum absolute atomic E-state index is 0.277. The van der Waals surface area contributed by atoms with E-state index in [-0.39, 0.29) is 11.3 Å². The second-order valence-corrected chi connectivity index (χ2v) is 4.07. The summed E-state index contributed by atoms with van der Waals surface area (Å²) in [6, 6.07) is 8.92. The van der Waals surface area contributed by atoms with Gasteiger partial charge in [0.1, 0.15) is 11.8 Å². The van der Waals surface area contributed by atoms with E-state index in [1.807, 2.05) is 18.4 Å². The summed E-state index contributed by atoms with van der Waals surface area (Å²) >= 11 is 1.49. The SMILES string of the molecule is CSc1ccccc1NC(=O)C(C#N)=C(C)O. The van der Waals surface area contributed by atoms with E-state index < -0.39 is 5.91 Å². The van der Waals surface area contributed by atoms with Gasteiger partial charge in [-0.3, -0.25) is 4.79 Å². The fourth-order valence-corrected chi connectivity index (χ4v) is 1.78. The number of carbonyl (C=O) groups is 1. The molecule has 0 radical (unpaired) electrons. The number of nitriles is 1. The quantitative estimate of drug-likeness (QED) is 0.373. The molecule has 0 fully saturated rings. The van der Waals surface area contributed by atoms with Crippen LogP contribution in [-0.4, -0.2) is 17.3 Å². The number of amides is 1. The lowest BCUT2D eigenvalue weighted by Gasteiger charge is -2.08. The largest absolute Gasteiger partial charge is 0.511 e. The molecular weight excluding hydrogens is 236 g/mol. The van der Waals surface area contributed by atoms with Crippen molar-refractivity contribution in [3.05, 3.63) is 35.6 Å². The van der Waals surface area contributed by atoms with Gasteiger partial charge in [0.15, 0.2) is 5.57 Å². The molecule has 0 heterocycles. The van der Waals surface area contributed by atoms with Crippen molar-refractivity contribution >= 4 is 23.4 Å². The highest BCUT2D eigenvalue weighted by atomic mass is 32.2. The van der Waals surface area contributed by atoms with Crippen LogP contribution in [0, 0.1) is 11.3 Å². The van der Waals surface area contributed by atoms with Gasteiger partial charge in [0.2, 0.25) is 0 Å². The van der Waals surface area contributed by atoms with Crippen LogP contribution >= 0.6 is 11.8 Å². The number of hydrogen-bond acceptors (Lipinski definition) is 4. The zero-order valence-corrected chi connectivity index (χ0v) is 10.3. The molecule has 17 heavy (non-hydrogen) atoms. The summed E-state index contributed by atoms with van der Waals surface area (Å²) in [4.78, 5) is 12.6. The Morgan fingerprint density at radius 1 is 1.47 bits per heavy atom. The first-order chi connectivity index (χ1) is 8.10. The Morgan fingerprint density at radius 2 is 2.12 bits per heavy atom. The highest BCUT2D eigenvalue weighted by molar-refractivity contribution is 7.98. The molecule has 0 spiro atoms. The molecule has 0 aliphatic rings. The van der Waals surface area contributed by atoms with Crippen LogP contribution in [0.15, 0.2) is 40.5 Å². The van der Waals surface area contributed by atoms with E-state index in [0.29, 0.717) is 5.69 Å². The van der Waals surface area contributed by atoms with Gasteiger partial charge in [-0.1, -0.05) is 12.1 Å². The van der Waals surface area contributed by atoms with Crippen molar-refractivity contribution in [3.8, 4) is 6.07 Å².